The van der Waals surface area contributed by atoms with Crippen molar-refractivity contribution in [3.63, 3.8) is 0 Å². The Bertz CT molecular complexity index is 927. The van der Waals surface area contributed by atoms with Crippen LogP contribution in [-0.2, 0) is 6.61 Å². The van der Waals surface area contributed by atoms with Gasteiger partial charge in [0.15, 0.2) is 5.82 Å². The maximum atomic E-state index is 6.29. The Kier molecular flexibility index (Phi) is 5.60. The second kappa shape index (κ2) is 8.07. The molecule has 1 aromatic heterocycles. The van der Waals surface area contributed by atoms with Gasteiger partial charge in [0, 0.05) is 10.6 Å². The summed E-state index contributed by atoms with van der Waals surface area (Å²) in [5.41, 5.74) is 4.35. The average Bonchev–Trinajstić information content (AvgIpc) is 2.94. The van der Waals surface area contributed by atoms with Crippen molar-refractivity contribution in [3.05, 3.63) is 69.5 Å². The SMILES string of the molecule is Cc1nnc(N/N=C\c2cc(Cl)cc(Cl)c2OCc2ccccc2)n1N. The molecule has 26 heavy (non-hydrogen) atoms. The van der Waals surface area contributed by atoms with Gasteiger partial charge in [-0.15, -0.1) is 10.2 Å². The number of hydrazone groups is 1. The lowest BCUT2D eigenvalue weighted by Gasteiger charge is -2.11. The highest BCUT2D eigenvalue weighted by atomic mass is 35.5. The number of nitrogens with one attached hydrogen (secondary N) is 1. The van der Waals surface area contributed by atoms with E-state index in [-0.39, 0.29) is 0 Å². The summed E-state index contributed by atoms with van der Waals surface area (Å²) < 4.78 is 7.16. The summed E-state index contributed by atoms with van der Waals surface area (Å²) >= 11 is 12.4. The van der Waals surface area contributed by atoms with E-state index in [4.69, 9.17) is 33.8 Å². The lowest BCUT2D eigenvalue weighted by molar-refractivity contribution is 0.306. The number of hydrogen-bond donors (Lipinski definition) is 2. The molecule has 0 aliphatic carbocycles. The number of hydrogen-bond acceptors (Lipinski definition) is 6. The maximum absolute atomic E-state index is 6.29. The molecule has 0 fully saturated rings. The molecule has 3 N–H and O–H groups in total. The number of aromatic nitrogens is 3. The smallest absolute Gasteiger partial charge is 0.263 e. The van der Waals surface area contributed by atoms with Gasteiger partial charge in [0.25, 0.3) is 5.95 Å². The average molecular weight is 391 g/mol. The molecule has 2 aromatic carbocycles. The molecule has 7 nitrogen and oxygen atoms in total. The van der Waals surface area contributed by atoms with Crippen LogP contribution in [0.4, 0.5) is 5.95 Å². The molecule has 0 atom stereocenters. The Morgan fingerprint density at radius 3 is 2.69 bits per heavy atom. The Morgan fingerprint density at radius 2 is 2.00 bits per heavy atom. The third-order valence-electron chi connectivity index (χ3n) is 3.50. The molecule has 0 amide bonds. The van der Waals surface area contributed by atoms with Gasteiger partial charge in [-0.3, -0.25) is 0 Å². The number of nitrogens with zero attached hydrogens (tertiary/aromatic N) is 4. The highest BCUT2D eigenvalue weighted by Gasteiger charge is 2.10. The first-order valence-electron chi connectivity index (χ1n) is 7.66. The van der Waals surface area contributed by atoms with E-state index in [1.165, 1.54) is 10.9 Å². The fourth-order valence-corrected chi connectivity index (χ4v) is 2.73. The minimum Gasteiger partial charge on any atom is -0.487 e. The van der Waals surface area contributed by atoms with E-state index in [9.17, 15) is 0 Å². The Labute approximate surface area is 160 Å². The molecule has 134 valence electrons. The van der Waals surface area contributed by atoms with Gasteiger partial charge in [0.2, 0.25) is 0 Å². The third kappa shape index (κ3) is 4.25. The summed E-state index contributed by atoms with van der Waals surface area (Å²) in [7, 11) is 0. The molecule has 0 unspecified atom stereocenters. The fourth-order valence-electron chi connectivity index (χ4n) is 2.16. The van der Waals surface area contributed by atoms with Crippen LogP contribution in [0.15, 0.2) is 47.6 Å². The van der Waals surface area contributed by atoms with E-state index in [0.717, 1.165) is 5.56 Å². The van der Waals surface area contributed by atoms with Crippen molar-refractivity contribution in [3.8, 4) is 5.75 Å². The van der Waals surface area contributed by atoms with Crippen LogP contribution in [0.3, 0.4) is 0 Å². The van der Waals surface area contributed by atoms with Crippen LogP contribution in [-0.4, -0.2) is 21.1 Å². The zero-order chi connectivity index (χ0) is 18.5. The van der Waals surface area contributed by atoms with Crippen molar-refractivity contribution in [2.45, 2.75) is 13.5 Å². The van der Waals surface area contributed by atoms with Crippen molar-refractivity contribution in [2.24, 2.45) is 5.10 Å². The molecule has 0 saturated carbocycles. The van der Waals surface area contributed by atoms with Crippen molar-refractivity contribution in [1.29, 1.82) is 0 Å². The van der Waals surface area contributed by atoms with Crippen LogP contribution in [0.1, 0.15) is 17.0 Å². The summed E-state index contributed by atoms with van der Waals surface area (Å²) in [6.07, 6.45) is 1.53. The second-order valence-corrected chi connectivity index (χ2v) is 6.23. The number of rotatable bonds is 6. The molecule has 3 rings (SSSR count). The number of benzene rings is 2. The molecular weight excluding hydrogens is 375 g/mol. The standard InChI is InChI=1S/C17H16Cl2N6O/c1-11-22-24-17(25(11)20)23-21-9-13-7-14(18)8-15(19)16(13)26-10-12-5-3-2-4-6-12/h2-9H,10,20H2,1H3,(H,23,24)/b21-9-. The molecule has 0 aliphatic rings. The fraction of sp³-hybridized carbons (Fsp3) is 0.118. The normalized spacial score (nSPS) is 11.0. The molecule has 9 heteroatoms. The van der Waals surface area contributed by atoms with Gasteiger partial charge >= 0.3 is 0 Å². The molecule has 0 aliphatic heterocycles. The Morgan fingerprint density at radius 1 is 1.23 bits per heavy atom. The van der Waals surface area contributed by atoms with Gasteiger partial charge in [0.1, 0.15) is 12.4 Å². The van der Waals surface area contributed by atoms with Gasteiger partial charge in [-0.2, -0.15) is 5.10 Å². The number of halogens is 2. The molecule has 0 bridgehead atoms. The summed E-state index contributed by atoms with van der Waals surface area (Å²) in [6.45, 7) is 2.10. The lowest BCUT2D eigenvalue weighted by Crippen LogP contribution is -2.13. The van der Waals surface area contributed by atoms with E-state index in [0.29, 0.717) is 39.7 Å². The Balaban J connectivity index is 1.79. The molecule has 0 spiro atoms. The summed E-state index contributed by atoms with van der Waals surface area (Å²) in [5.74, 6) is 7.10. The van der Waals surface area contributed by atoms with Gasteiger partial charge in [0.05, 0.1) is 11.2 Å². The number of nitrogen functional groups attached to an aromatic ring is 1. The van der Waals surface area contributed by atoms with Crippen molar-refractivity contribution < 1.29 is 4.74 Å². The predicted octanol–water partition coefficient (Wildman–Crippen LogP) is 3.63. The lowest BCUT2D eigenvalue weighted by atomic mass is 10.2. The van der Waals surface area contributed by atoms with E-state index in [1.807, 2.05) is 30.3 Å². The summed E-state index contributed by atoms with van der Waals surface area (Å²) in [4.78, 5) is 0. The summed E-state index contributed by atoms with van der Waals surface area (Å²) in [6, 6.07) is 13.1. The first kappa shape index (κ1) is 18.0. The van der Waals surface area contributed by atoms with Gasteiger partial charge in [-0.1, -0.05) is 53.5 Å². The first-order valence-corrected chi connectivity index (χ1v) is 8.42. The van der Waals surface area contributed by atoms with Crippen molar-refractivity contribution in [1.82, 2.24) is 14.9 Å². The minimum absolute atomic E-state index is 0.304. The van der Waals surface area contributed by atoms with Crippen LogP contribution in [0.25, 0.3) is 0 Å². The van der Waals surface area contributed by atoms with E-state index < -0.39 is 0 Å². The zero-order valence-electron chi connectivity index (χ0n) is 13.9. The highest BCUT2D eigenvalue weighted by Crippen LogP contribution is 2.32. The first-order chi connectivity index (χ1) is 12.5. The minimum atomic E-state index is 0.304. The van der Waals surface area contributed by atoms with Crippen LogP contribution >= 0.6 is 23.2 Å². The number of ether oxygens (including phenoxy) is 1. The van der Waals surface area contributed by atoms with Gasteiger partial charge in [-0.05, 0) is 24.6 Å². The monoisotopic (exact) mass is 390 g/mol. The third-order valence-corrected chi connectivity index (χ3v) is 4.00. The number of anilines is 1. The van der Waals surface area contributed by atoms with Gasteiger partial charge in [-0.25, -0.2) is 10.1 Å². The topological polar surface area (TPSA) is 90.4 Å². The predicted molar refractivity (Wildman–Crippen MR) is 103 cm³/mol. The van der Waals surface area contributed by atoms with Crippen LogP contribution in [0, 0.1) is 6.92 Å². The quantitative estimate of drug-likeness (QED) is 0.381. The molecular formula is C17H16Cl2N6O. The summed E-state index contributed by atoms with van der Waals surface area (Å²) in [5, 5.41) is 12.7. The van der Waals surface area contributed by atoms with E-state index in [2.05, 4.69) is 20.7 Å². The van der Waals surface area contributed by atoms with E-state index in [1.54, 1.807) is 19.1 Å². The van der Waals surface area contributed by atoms with Crippen molar-refractivity contribution in [2.75, 3.05) is 11.3 Å². The number of nitrogens with two attached hydrogens (primary N) is 1. The largest absolute Gasteiger partial charge is 0.487 e. The van der Waals surface area contributed by atoms with Gasteiger partial charge < -0.3 is 10.6 Å². The zero-order valence-corrected chi connectivity index (χ0v) is 15.4. The molecule has 3 aromatic rings. The molecule has 1 heterocycles. The highest BCUT2D eigenvalue weighted by molar-refractivity contribution is 6.36. The van der Waals surface area contributed by atoms with E-state index >= 15 is 0 Å². The molecule has 0 radical (unpaired) electrons. The maximum Gasteiger partial charge on any atom is 0.263 e. The van der Waals surface area contributed by atoms with Crippen LogP contribution < -0.4 is 16.0 Å². The van der Waals surface area contributed by atoms with Crippen molar-refractivity contribution >= 4 is 35.4 Å². The van der Waals surface area contributed by atoms with Crippen LogP contribution in [0.2, 0.25) is 10.0 Å². The Hall–Kier alpha value is -2.77. The number of aryl methyl sites for hydroxylation is 1. The second-order valence-electron chi connectivity index (χ2n) is 5.39. The molecule has 0 saturated heterocycles. The van der Waals surface area contributed by atoms with Crippen LogP contribution in [0.5, 0.6) is 5.75 Å².